The second-order valence-corrected chi connectivity index (χ2v) is 9.03. The minimum absolute atomic E-state index is 0.0403. The molecule has 1 N–H and O–H groups in total. The van der Waals surface area contributed by atoms with E-state index in [1.165, 1.54) is 18.4 Å². The van der Waals surface area contributed by atoms with Crippen LogP contribution in [0.3, 0.4) is 0 Å². The van der Waals surface area contributed by atoms with Gasteiger partial charge in [-0.1, -0.05) is 44.9 Å². The standard InChI is InChI=1S/C24H37N3O2/c1-18(2)21-10-8-9-19(3)23(21)25-22(28)17-26-15-11-20(12-16-26)24(29)27-13-6-4-5-7-14-27/h8-10,18,20H,4-7,11-17H2,1-3H3,(H,25,28). The number of likely N-dealkylation sites (tertiary alicyclic amines) is 2. The second kappa shape index (κ2) is 10.2. The van der Waals surface area contributed by atoms with Gasteiger partial charge in [-0.25, -0.2) is 0 Å². The van der Waals surface area contributed by atoms with Crippen molar-refractivity contribution in [3.05, 3.63) is 29.3 Å². The largest absolute Gasteiger partial charge is 0.342 e. The molecule has 29 heavy (non-hydrogen) atoms. The Morgan fingerprint density at radius 3 is 2.31 bits per heavy atom. The third kappa shape index (κ3) is 5.81. The molecule has 0 saturated carbocycles. The molecule has 0 spiro atoms. The first kappa shape index (κ1) is 21.8. The van der Waals surface area contributed by atoms with Crippen LogP contribution in [0.2, 0.25) is 0 Å². The number of aryl methyl sites for hydroxylation is 1. The molecule has 2 fully saturated rings. The van der Waals surface area contributed by atoms with Gasteiger partial charge in [0.25, 0.3) is 0 Å². The number of nitrogens with one attached hydrogen (secondary N) is 1. The number of carbonyl (C=O) groups is 2. The van der Waals surface area contributed by atoms with Gasteiger partial charge in [0.15, 0.2) is 0 Å². The number of rotatable bonds is 5. The SMILES string of the molecule is Cc1cccc(C(C)C)c1NC(=O)CN1CCC(C(=O)N2CCCCCC2)CC1. The molecule has 2 aliphatic heterocycles. The van der Waals surface area contributed by atoms with Crippen LogP contribution in [0, 0.1) is 12.8 Å². The van der Waals surface area contributed by atoms with Crippen molar-refractivity contribution in [2.24, 2.45) is 5.92 Å². The summed E-state index contributed by atoms with van der Waals surface area (Å²) in [5, 5.41) is 3.14. The summed E-state index contributed by atoms with van der Waals surface area (Å²) in [6, 6.07) is 6.18. The molecule has 0 bridgehead atoms. The second-order valence-electron chi connectivity index (χ2n) is 9.03. The topological polar surface area (TPSA) is 52.7 Å². The predicted octanol–water partition coefficient (Wildman–Crippen LogP) is 4.17. The minimum atomic E-state index is 0.0403. The Morgan fingerprint density at radius 2 is 1.69 bits per heavy atom. The summed E-state index contributed by atoms with van der Waals surface area (Å²) in [6.07, 6.45) is 6.51. The van der Waals surface area contributed by atoms with Gasteiger partial charge >= 0.3 is 0 Å². The van der Waals surface area contributed by atoms with E-state index in [1.807, 2.05) is 19.1 Å². The van der Waals surface area contributed by atoms with Crippen molar-refractivity contribution in [3.63, 3.8) is 0 Å². The Labute approximate surface area is 175 Å². The van der Waals surface area contributed by atoms with Gasteiger partial charge < -0.3 is 10.2 Å². The Kier molecular flexibility index (Phi) is 7.70. The Hall–Kier alpha value is -1.88. The molecule has 0 atom stereocenters. The maximum absolute atomic E-state index is 12.8. The third-order valence-corrected chi connectivity index (χ3v) is 6.41. The average Bonchev–Trinajstić information content (AvgIpc) is 2.99. The highest BCUT2D eigenvalue weighted by Gasteiger charge is 2.29. The Morgan fingerprint density at radius 1 is 1.03 bits per heavy atom. The first-order valence-electron chi connectivity index (χ1n) is 11.4. The van der Waals surface area contributed by atoms with Gasteiger partial charge in [0.1, 0.15) is 0 Å². The molecular formula is C24H37N3O2. The molecule has 0 aromatic heterocycles. The smallest absolute Gasteiger partial charge is 0.238 e. The van der Waals surface area contributed by atoms with Gasteiger partial charge in [-0.15, -0.1) is 0 Å². The number of anilines is 1. The zero-order chi connectivity index (χ0) is 20.8. The molecule has 0 aliphatic carbocycles. The van der Waals surface area contributed by atoms with Crippen molar-refractivity contribution in [2.75, 3.05) is 38.0 Å². The van der Waals surface area contributed by atoms with Crippen LogP contribution in [-0.2, 0) is 9.59 Å². The van der Waals surface area contributed by atoms with E-state index in [0.29, 0.717) is 18.4 Å². The van der Waals surface area contributed by atoms with E-state index < -0.39 is 0 Å². The normalized spacial score (nSPS) is 19.2. The zero-order valence-corrected chi connectivity index (χ0v) is 18.4. The molecular weight excluding hydrogens is 362 g/mol. The summed E-state index contributed by atoms with van der Waals surface area (Å²) in [4.78, 5) is 29.8. The first-order chi connectivity index (χ1) is 14.0. The van der Waals surface area contributed by atoms with Gasteiger partial charge in [0.2, 0.25) is 11.8 Å². The molecule has 2 heterocycles. The Bertz CT molecular complexity index is 700. The van der Waals surface area contributed by atoms with Gasteiger partial charge in [-0.3, -0.25) is 14.5 Å². The van der Waals surface area contributed by atoms with Crippen molar-refractivity contribution in [3.8, 4) is 0 Å². The molecule has 0 unspecified atom stereocenters. The predicted molar refractivity (Wildman–Crippen MR) is 118 cm³/mol. The van der Waals surface area contributed by atoms with Gasteiger partial charge in [0.05, 0.1) is 6.54 Å². The van der Waals surface area contributed by atoms with Crippen LogP contribution in [0.5, 0.6) is 0 Å². The maximum atomic E-state index is 12.8. The number of benzene rings is 1. The molecule has 160 valence electrons. The number of piperidine rings is 1. The van der Waals surface area contributed by atoms with E-state index in [-0.39, 0.29) is 11.8 Å². The third-order valence-electron chi connectivity index (χ3n) is 6.41. The van der Waals surface area contributed by atoms with Crippen molar-refractivity contribution in [1.29, 1.82) is 0 Å². The van der Waals surface area contributed by atoms with E-state index in [2.05, 4.69) is 35.0 Å². The van der Waals surface area contributed by atoms with Crippen molar-refractivity contribution in [2.45, 2.75) is 65.2 Å². The van der Waals surface area contributed by atoms with Crippen LogP contribution >= 0.6 is 0 Å². The van der Waals surface area contributed by atoms with E-state index in [1.54, 1.807) is 0 Å². The number of carbonyl (C=O) groups excluding carboxylic acids is 2. The highest BCUT2D eigenvalue weighted by molar-refractivity contribution is 5.94. The molecule has 2 amide bonds. The zero-order valence-electron chi connectivity index (χ0n) is 18.4. The fraction of sp³-hybridized carbons (Fsp3) is 0.667. The molecule has 1 aromatic rings. The van der Waals surface area contributed by atoms with Gasteiger partial charge in [0, 0.05) is 24.7 Å². The summed E-state index contributed by atoms with van der Waals surface area (Å²) < 4.78 is 0. The Balaban J connectivity index is 1.49. The van der Waals surface area contributed by atoms with Crippen LogP contribution in [0.15, 0.2) is 18.2 Å². The molecule has 2 saturated heterocycles. The number of hydrogen-bond acceptors (Lipinski definition) is 3. The fourth-order valence-electron chi connectivity index (χ4n) is 4.61. The summed E-state index contributed by atoms with van der Waals surface area (Å²) in [7, 11) is 0. The summed E-state index contributed by atoms with van der Waals surface area (Å²) in [6.45, 7) is 10.2. The highest BCUT2D eigenvalue weighted by atomic mass is 16.2. The minimum Gasteiger partial charge on any atom is -0.342 e. The molecule has 0 radical (unpaired) electrons. The van der Waals surface area contributed by atoms with Crippen LogP contribution in [0.25, 0.3) is 0 Å². The van der Waals surface area contributed by atoms with Crippen molar-refractivity contribution in [1.82, 2.24) is 9.80 Å². The lowest BCUT2D eigenvalue weighted by Gasteiger charge is -2.33. The van der Waals surface area contributed by atoms with Crippen LogP contribution in [0.4, 0.5) is 5.69 Å². The molecule has 3 rings (SSSR count). The number of nitrogens with zero attached hydrogens (tertiary/aromatic N) is 2. The summed E-state index contributed by atoms with van der Waals surface area (Å²) in [5.41, 5.74) is 3.24. The molecule has 5 nitrogen and oxygen atoms in total. The molecule has 1 aromatic carbocycles. The average molecular weight is 400 g/mol. The van der Waals surface area contributed by atoms with Crippen LogP contribution in [0.1, 0.15) is 69.4 Å². The van der Waals surface area contributed by atoms with Crippen molar-refractivity contribution >= 4 is 17.5 Å². The fourth-order valence-corrected chi connectivity index (χ4v) is 4.61. The lowest BCUT2D eigenvalue weighted by molar-refractivity contribution is -0.137. The van der Waals surface area contributed by atoms with E-state index in [0.717, 1.165) is 63.1 Å². The lowest BCUT2D eigenvalue weighted by Crippen LogP contribution is -2.44. The monoisotopic (exact) mass is 399 g/mol. The molecule has 5 heteroatoms. The van der Waals surface area contributed by atoms with Crippen molar-refractivity contribution < 1.29 is 9.59 Å². The van der Waals surface area contributed by atoms with Gasteiger partial charge in [-0.05, 0) is 62.7 Å². The van der Waals surface area contributed by atoms with Gasteiger partial charge in [-0.2, -0.15) is 0 Å². The number of hydrogen-bond donors (Lipinski definition) is 1. The van der Waals surface area contributed by atoms with E-state index in [9.17, 15) is 9.59 Å². The van der Waals surface area contributed by atoms with Crippen LogP contribution in [-0.4, -0.2) is 54.3 Å². The summed E-state index contributed by atoms with van der Waals surface area (Å²) in [5.74, 6) is 0.887. The number of amides is 2. The highest BCUT2D eigenvalue weighted by Crippen LogP contribution is 2.27. The first-order valence-corrected chi connectivity index (χ1v) is 11.4. The summed E-state index contributed by atoms with van der Waals surface area (Å²) >= 11 is 0. The van der Waals surface area contributed by atoms with E-state index in [4.69, 9.17) is 0 Å². The lowest BCUT2D eigenvalue weighted by atomic mass is 9.95. The quantitative estimate of drug-likeness (QED) is 0.808. The number of para-hydroxylation sites is 1. The van der Waals surface area contributed by atoms with E-state index >= 15 is 0 Å². The van der Waals surface area contributed by atoms with Crippen LogP contribution < -0.4 is 5.32 Å². The maximum Gasteiger partial charge on any atom is 0.238 e. The molecule has 2 aliphatic rings.